The Balaban J connectivity index is 1.57. The van der Waals surface area contributed by atoms with E-state index in [9.17, 15) is 0 Å². The topological polar surface area (TPSA) is 29.3 Å². The van der Waals surface area contributed by atoms with Crippen LogP contribution in [-0.2, 0) is 0 Å². The van der Waals surface area contributed by atoms with Crippen molar-refractivity contribution in [1.82, 2.24) is 4.90 Å². The van der Waals surface area contributed by atoms with Crippen LogP contribution in [0.3, 0.4) is 0 Å². The monoisotopic (exact) mass is 222 g/mol. The molecule has 3 aliphatic rings. The summed E-state index contributed by atoms with van der Waals surface area (Å²) in [7, 11) is 0. The molecule has 2 heteroatoms. The van der Waals surface area contributed by atoms with E-state index in [2.05, 4.69) is 11.8 Å². The lowest BCUT2D eigenvalue weighted by Crippen LogP contribution is -2.38. The molecule has 2 nitrogen and oxygen atoms in total. The van der Waals surface area contributed by atoms with Crippen LogP contribution in [0.5, 0.6) is 0 Å². The molecule has 2 saturated carbocycles. The normalized spacial score (nSPS) is 42.0. The highest BCUT2D eigenvalue weighted by atomic mass is 15.2. The zero-order valence-corrected chi connectivity index (χ0v) is 10.6. The molecule has 2 aliphatic carbocycles. The highest BCUT2D eigenvalue weighted by molar-refractivity contribution is 4.95. The summed E-state index contributed by atoms with van der Waals surface area (Å²) in [6.45, 7) is 5.06. The van der Waals surface area contributed by atoms with Gasteiger partial charge in [0.05, 0.1) is 0 Å². The second-order valence-electron chi connectivity index (χ2n) is 6.50. The quantitative estimate of drug-likeness (QED) is 0.793. The molecule has 0 radical (unpaired) electrons. The minimum absolute atomic E-state index is 0.497. The molecule has 1 saturated heterocycles. The van der Waals surface area contributed by atoms with Crippen LogP contribution < -0.4 is 5.73 Å². The first-order valence-electron chi connectivity index (χ1n) is 7.23. The van der Waals surface area contributed by atoms with Gasteiger partial charge in [-0.1, -0.05) is 19.3 Å². The summed E-state index contributed by atoms with van der Waals surface area (Å²) in [5.41, 5.74) is 6.27. The molecule has 92 valence electrons. The fraction of sp³-hybridized carbons (Fsp3) is 1.00. The molecule has 0 bridgehead atoms. The van der Waals surface area contributed by atoms with Gasteiger partial charge in [0.15, 0.2) is 0 Å². The van der Waals surface area contributed by atoms with E-state index >= 15 is 0 Å². The van der Waals surface area contributed by atoms with Gasteiger partial charge in [-0.15, -0.1) is 0 Å². The van der Waals surface area contributed by atoms with Crippen molar-refractivity contribution < 1.29 is 0 Å². The van der Waals surface area contributed by atoms with E-state index in [0.29, 0.717) is 6.04 Å². The zero-order valence-electron chi connectivity index (χ0n) is 10.6. The largest absolute Gasteiger partial charge is 0.327 e. The van der Waals surface area contributed by atoms with Crippen LogP contribution in [0.1, 0.15) is 45.4 Å². The Bertz CT molecular complexity index is 249. The molecule has 1 aliphatic heterocycles. The third-order valence-electron chi connectivity index (χ3n) is 5.18. The van der Waals surface area contributed by atoms with Gasteiger partial charge in [0, 0.05) is 25.2 Å². The van der Waals surface area contributed by atoms with Crippen LogP contribution in [0.2, 0.25) is 0 Å². The molecule has 0 amide bonds. The Morgan fingerprint density at radius 3 is 2.69 bits per heavy atom. The van der Waals surface area contributed by atoms with E-state index in [4.69, 9.17) is 5.73 Å². The van der Waals surface area contributed by atoms with E-state index < -0.39 is 0 Å². The fourth-order valence-corrected chi connectivity index (χ4v) is 3.90. The standard InChI is InChI=1S/C14H26N2/c1-10(7-11-5-6-11)16-8-12-3-2-4-14(15)13(12)9-16/h10-14H,2-9,15H2,1H3. The van der Waals surface area contributed by atoms with Gasteiger partial charge in [0.1, 0.15) is 0 Å². The summed E-state index contributed by atoms with van der Waals surface area (Å²) in [6.07, 6.45) is 8.49. The number of hydrogen-bond acceptors (Lipinski definition) is 2. The molecule has 3 rings (SSSR count). The molecule has 1 heterocycles. The molecule has 0 aromatic carbocycles. The van der Waals surface area contributed by atoms with Crippen molar-refractivity contribution in [3.05, 3.63) is 0 Å². The van der Waals surface area contributed by atoms with Gasteiger partial charge in [0.25, 0.3) is 0 Å². The number of fused-ring (bicyclic) bond motifs is 1. The molecule has 16 heavy (non-hydrogen) atoms. The second-order valence-corrected chi connectivity index (χ2v) is 6.50. The molecular weight excluding hydrogens is 196 g/mol. The lowest BCUT2D eigenvalue weighted by molar-refractivity contribution is 0.225. The highest BCUT2D eigenvalue weighted by Crippen LogP contribution is 2.39. The van der Waals surface area contributed by atoms with Gasteiger partial charge in [0.2, 0.25) is 0 Å². The van der Waals surface area contributed by atoms with Crippen molar-refractivity contribution in [3.63, 3.8) is 0 Å². The van der Waals surface area contributed by atoms with Crippen molar-refractivity contribution in [1.29, 1.82) is 0 Å². The maximum absolute atomic E-state index is 6.27. The van der Waals surface area contributed by atoms with Crippen LogP contribution >= 0.6 is 0 Å². The Kier molecular flexibility index (Phi) is 2.97. The lowest BCUT2D eigenvalue weighted by Gasteiger charge is -2.30. The predicted molar refractivity (Wildman–Crippen MR) is 67.2 cm³/mol. The first-order valence-corrected chi connectivity index (χ1v) is 7.23. The average Bonchev–Trinajstić information content (AvgIpc) is 2.95. The minimum Gasteiger partial charge on any atom is -0.327 e. The zero-order chi connectivity index (χ0) is 11.1. The molecule has 4 unspecified atom stereocenters. The van der Waals surface area contributed by atoms with Gasteiger partial charge < -0.3 is 10.6 Å². The van der Waals surface area contributed by atoms with Gasteiger partial charge in [-0.05, 0) is 43.9 Å². The fourth-order valence-electron chi connectivity index (χ4n) is 3.90. The highest BCUT2D eigenvalue weighted by Gasteiger charge is 2.40. The summed E-state index contributed by atoms with van der Waals surface area (Å²) in [6, 6.07) is 1.31. The van der Waals surface area contributed by atoms with Gasteiger partial charge >= 0.3 is 0 Å². The number of likely N-dealkylation sites (tertiary alicyclic amines) is 1. The predicted octanol–water partition coefficient (Wildman–Crippen LogP) is 2.23. The maximum atomic E-state index is 6.27. The smallest absolute Gasteiger partial charge is 0.00825 e. The van der Waals surface area contributed by atoms with E-state index in [-0.39, 0.29) is 0 Å². The van der Waals surface area contributed by atoms with Crippen molar-refractivity contribution in [2.45, 2.75) is 57.5 Å². The maximum Gasteiger partial charge on any atom is 0.00825 e. The molecule has 0 aromatic heterocycles. The lowest BCUT2D eigenvalue weighted by atomic mass is 9.78. The third kappa shape index (κ3) is 2.14. The van der Waals surface area contributed by atoms with E-state index in [0.717, 1.165) is 23.8 Å². The first kappa shape index (κ1) is 11.0. The van der Waals surface area contributed by atoms with Crippen molar-refractivity contribution in [3.8, 4) is 0 Å². The molecule has 0 aromatic rings. The van der Waals surface area contributed by atoms with Crippen LogP contribution in [-0.4, -0.2) is 30.1 Å². The number of nitrogens with zero attached hydrogens (tertiary/aromatic N) is 1. The number of nitrogens with two attached hydrogens (primary N) is 1. The van der Waals surface area contributed by atoms with Crippen LogP contribution in [0.25, 0.3) is 0 Å². The Morgan fingerprint density at radius 2 is 2.00 bits per heavy atom. The summed E-state index contributed by atoms with van der Waals surface area (Å²) in [4.78, 5) is 2.73. The Morgan fingerprint density at radius 1 is 1.19 bits per heavy atom. The number of rotatable bonds is 3. The molecule has 0 spiro atoms. The van der Waals surface area contributed by atoms with Crippen LogP contribution in [0.15, 0.2) is 0 Å². The summed E-state index contributed by atoms with van der Waals surface area (Å²) in [5.74, 6) is 2.80. The molecular formula is C14H26N2. The molecule has 2 N–H and O–H groups in total. The SMILES string of the molecule is CC(CC1CC1)N1CC2CCCC(N)C2C1. The first-order chi connectivity index (χ1) is 7.74. The minimum atomic E-state index is 0.497. The third-order valence-corrected chi connectivity index (χ3v) is 5.18. The number of hydrogen-bond donors (Lipinski definition) is 1. The van der Waals surface area contributed by atoms with E-state index in [1.165, 1.54) is 51.6 Å². The van der Waals surface area contributed by atoms with Crippen molar-refractivity contribution in [2.75, 3.05) is 13.1 Å². The van der Waals surface area contributed by atoms with Gasteiger partial charge in [-0.25, -0.2) is 0 Å². The molecule has 4 atom stereocenters. The Hall–Kier alpha value is -0.0800. The molecule has 3 fully saturated rings. The second kappa shape index (κ2) is 4.30. The van der Waals surface area contributed by atoms with E-state index in [1.54, 1.807) is 0 Å². The van der Waals surface area contributed by atoms with Gasteiger partial charge in [-0.3, -0.25) is 0 Å². The van der Waals surface area contributed by atoms with Gasteiger partial charge in [-0.2, -0.15) is 0 Å². The summed E-state index contributed by atoms with van der Waals surface area (Å²) < 4.78 is 0. The van der Waals surface area contributed by atoms with Crippen LogP contribution in [0.4, 0.5) is 0 Å². The average molecular weight is 222 g/mol. The Labute approximate surface area is 99.6 Å². The van der Waals surface area contributed by atoms with Crippen molar-refractivity contribution >= 4 is 0 Å². The summed E-state index contributed by atoms with van der Waals surface area (Å²) >= 11 is 0. The summed E-state index contributed by atoms with van der Waals surface area (Å²) in [5, 5.41) is 0. The van der Waals surface area contributed by atoms with Crippen LogP contribution in [0, 0.1) is 17.8 Å². The van der Waals surface area contributed by atoms with Crippen molar-refractivity contribution in [2.24, 2.45) is 23.5 Å². The van der Waals surface area contributed by atoms with E-state index in [1.807, 2.05) is 0 Å².